The summed E-state index contributed by atoms with van der Waals surface area (Å²) >= 11 is 0. The Kier molecular flexibility index (Phi) is 5.66. The van der Waals surface area contributed by atoms with Crippen molar-refractivity contribution in [1.82, 2.24) is 20.4 Å². The molecule has 3 amide bonds. The van der Waals surface area contributed by atoms with Crippen LogP contribution in [-0.4, -0.2) is 57.7 Å². The van der Waals surface area contributed by atoms with Gasteiger partial charge in [-0.05, 0) is 39.2 Å². The van der Waals surface area contributed by atoms with Crippen molar-refractivity contribution in [3.05, 3.63) is 17.5 Å². The third kappa shape index (κ3) is 4.71. The molecule has 1 saturated heterocycles. The van der Waals surface area contributed by atoms with Crippen LogP contribution in [0.4, 0.5) is 4.79 Å². The van der Waals surface area contributed by atoms with E-state index < -0.39 is 17.3 Å². The molecule has 0 radical (unpaired) electrons. The number of nitrogens with zero attached hydrogens (tertiary/aromatic N) is 2. The Morgan fingerprint density at radius 3 is 2.80 bits per heavy atom. The normalized spacial score (nSPS) is 18.0. The number of hydrogen-bond acceptors (Lipinski definition) is 4. The van der Waals surface area contributed by atoms with Crippen molar-refractivity contribution in [2.75, 3.05) is 19.6 Å². The van der Waals surface area contributed by atoms with Crippen LogP contribution in [0.3, 0.4) is 0 Å². The molecule has 9 nitrogen and oxygen atoms in total. The Morgan fingerprint density at radius 2 is 2.20 bits per heavy atom. The molecule has 1 aromatic rings. The number of hydrogen-bond donors (Lipinski definition) is 4. The lowest BCUT2D eigenvalue weighted by Crippen LogP contribution is -2.46. The Labute approximate surface area is 145 Å². The highest BCUT2D eigenvalue weighted by Crippen LogP contribution is 2.26. The largest absolute Gasteiger partial charge is 0.481 e. The van der Waals surface area contributed by atoms with E-state index in [-0.39, 0.29) is 17.6 Å². The maximum Gasteiger partial charge on any atom is 0.317 e. The first-order valence-electron chi connectivity index (χ1n) is 8.32. The summed E-state index contributed by atoms with van der Waals surface area (Å²) in [4.78, 5) is 36.2. The number of rotatable bonds is 6. The fourth-order valence-corrected chi connectivity index (χ4v) is 2.79. The standard InChI is InChI=1S/C16H25N5O4/c1-16(2,14(23)24)5-6-18-15(25)21-7-3-4-10(9-21)11-8-12(13(17)22)20-19-11/h8,10H,3-7,9H2,1-2H3,(H2,17,22)(H,18,25)(H,19,20)(H,23,24). The van der Waals surface area contributed by atoms with Crippen molar-refractivity contribution in [1.29, 1.82) is 0 Å². The molecule has 138 valence electrons. The van der Waals surface area contributed by atoms with Gasteiger partial charge >= 0.3 is 12.0 Å². The van der Waals surface area contributed by atoms with Gasteiger partial charge in [0.05, 0.1) is 5.41 Å². The Hall–Kier alpha value is -2.58. The van der Waals surface area contributed by atoms with Gasteiger partial charge in [0.2, 0.25) is 0 Å². The molecule has 1 aliphatic rings. The minimum Gasteiger partial charge on any atom is -0.481 e. The maximum absolute atomic E-state index is 12.3. The number of urea groups is 1. The van der Waals surface area contributed by atoms with E-state index in [2.05, 4.69) is 15.5 Å². The van der Waals surface area contributed by atoms with Gasteiger partial charge in [-0.2, -0.15) is 5.10 Å². The molecule has 0 aliphatic carbocycles. The molecular formula is C16H25N5O4. The number of aromatic amines is 1. The summed E-state index contributed by atoms with van der Waals surface area (Å²) in [7, 11) is 0. The van der Waals surface area contributed by atoms with Gasteiger partial charge in [-0.15, -0.1) is 0 Å². The van der Waals surface area contributed by atoms with Gasteiger partial charge in [0.1, 0.15) is 5.69 Å². The molecule has 1 atom stereocenters. The monoisotopic (exact) mass is 351 g/mol. The number of likely N-dealkylation sites (tertiary alicyclic amines) is 1. The average molecular weight is 351 g/mol. The van der Waals surface area contributed by atoms with E-state index in [0.717, 1.165) is 18.5 Å². The highest BCUT2D eigenvalue weighted by atomic mass is 16.4. The third-order valence-electron chi connectivity index (χ3n) is 4.60. The Balaban J connectivity index is 1.88. The van der Waals surface area contributed by atoms with E-state index in [4.69, 9.17) is 10.8 Å². The smallest absolute Gasteiger partial charge is 0.317 e. The van der Waals surface area contributed by atoms with Crippen molar-refractivity contribution in [3.63, 3.8) is 0 Å². The number of carboxylic acids is 1. The zero-order valence-corrected chi connectivity index (χ0v) is 14.5. The summed E-state index contributed by atoms with van der Waals surface area (Å²) in [5, 5.41) is 18.6. The summed E-state index contributed by atoms with van der Waals surface area (Å²) in [6.45, 7) is 4.71. The Morgan fingerprint density at radius 1 is 1.48 bits per heavy atom. The van der Waals surface area contributed by atoms with Crippen molar-refractivity contribution in [3.8, 4) is 0 Å². The molecule has 1 aliphatic heterocycles. The van der Waals surface area contributed by atoms with E-state index >= 15 is 0 Å². The lowest BCUT2D eigenvalue weighted by atomic mass is 9.90. The number of carbonyl (C=O) groups is 3. The van der Waals surface area contributed by atoms with Crippen molar-refractivity contribution >= 4 is 17.9 Å². The number of aliphatic carboxylic acids is 1. The zero-order valence-electron chi connectivity index (χ0n) is 14.5. The SMILES string of the molecule is CC(C)(CCNC(=O)N1CCCC(c2cc(C(N)=O)n[nH]2)C1)C(=O)O. The zero-order chi connectivity index (χ0) is 18.6. The van der Waals surface area contributed by atoms with Gasteiger partial charge < -0.3 is 21.1 Å². The molecule has 1 aromatic heterocycles. The topological polar surface area (TPSA) is 141 Å². The van der Waals surface area contributed by atoms with Gasteiger partial charge in [0.25, 0.3) is 5.91 Å². The molecule has 0 spiro atoms. The minimum atomic E-state index is -0.885. The molecule has 0 bridgehead atoms. The molecule has 9 heteroatoms. The number of primary amides is 1. The summed E-state index contributed by atoms with van der Waals surface area (Å²) in [5.41, 5.74) is 5.31. The summed E-state index contributed by atoms with van der Waals surface area (Å²) in [6.07, 6.45) is 2.08. The van der Waals surface area contributed by atoms with Crippen LogP contribution in [-0.2, 0) is 4.79 Å². The quantitative estimate of drug-likeness (QED) is 0.602. The second kappa shape index (κ2) is 7.54. The fourth-order valence-electron chi connectivity index (χ4n) is 2.79. The number of aromatic nitrogens is 2. The predicted octanol–water partition coefficient (Wildman–Crippen LogP) is 0.899. The minimum absolute atomic E-state index is 0.0653. The van der Waals surface area contributed by atoms with Gasteiger partial charge in [-0.3, -0.25) is 14.7 Å². The van der Waals surface area contributed by atoms with Crippen LogP contribution in [0.2, 0.25) is 0 Å². The maximum atomic E-state index is 12.3. The van der Waals surface area contributed by atoms with Gasteiger partial charge in [-0.25, -0.2) is 4.79 Å². The summed E-state index contributed by atoms with van der Waals surface area (Å²) in [6, 6.07) is 1.42. The molecular weight excluding hydrogens is 326 g/mol. The fraction of sp³-hybridized carbons (Fsp3) is 0.625. The highest BCUT2D eigenvalue weighted by molar-refractivity contribution is 5.90. The molecule has 0 aromatic carbocycles. The van der Waals surface area contributed by atoms with Crippen LogP contribution in [0.1, 0.15) is 55.2 Å². The number of H-pyrrole nitrogens is 1. The molecule has 25 heavy (non-hydrogen) atoms. The number of carbonyl (C=O) groups excluding carboxylic acids is 2. The average Bonchev–Trinajstić information content (AvgIpc) is 3.05. The molecule has 1 fully saturated rings. The summed E-state index contributed by atoms with van der Waals surface area (Å²) < 4.78 is 0. The van der Waals surface area contributed by atoms with E-state index in [1.807, 2.05) is 0 Å². The first kappa shape index (κ1) is 18.8. The van der Waals surface area contributed by atoms with E-state index in [9.17, 15) is 14.4 Å². The molecule has 5 N–H and O–H groups in total. The summed E-state index contributed by atoms with van der Waals surface area (Å²) in [5.74, 6) is -1.41. The second-order valence-corrected chi connectivity index (χ2v) is 7.03. The van der Waals surface area contributed by atoms with E-state index in [1.54, 1.807) is 24.8 Å². The lowest BCUT2D eigenvalue weighted by Gasteiger charge is -2.32. The lowest BCUT2D eigenvalue weighted by molar-refractivity contribution is -0.147. The van der Waals surface area contributed by atoms with Crippen LogP contribution < -0.4 is 11.1 Å². The van der Waals surface area contributed by atoms with E-state index in [1.165, 1.54) is 0 Å². The van der Waals surface area contributed by atoms with Gasteiger partial charge in [0.15, 0.2) is 0 Å². The molecule has 1 unspecified atom stereocenters. The van der Waals surface area contributed by atoms with E-state index in [0.29, 0.717) is 26.1 Å². The van der Waals surface area contributed by atoms with Crippen molar-refractivity contribution in [2.24, 2.45) is 11.1 Å². The third-order valence-corrected chi connectivity index (χ3v) is 4.60. The van der Waals surface area contributed by atoms with Crippen molar-refractivity contribution in [2.45, 2.75) is 39.0 Å². The van der Waals surface area contributed by atoms with Gasteiger partial charge in [0, 0.05) is 31.2 Å². The first-order valence-corrected chi connectivity index (χ1v) is 8.32. The molecule has 2 rings (SSSR count). The van der Waals surface area contributed by atoms with Crippen LogP contribution in [0, 0.1) is 5.41 Å². The first-order chi connectivity index (χ1) is 11.7. The van der Waals surface area contributed by atoms with Gasteiger partial charge in [-0.1, -0.05) is 0 Å². The number of nitrogens with two attached hydrogens (primary N) is 1. The van der Waals surface area contributed by atoms with Crippen LogP contribution in [0.5, 0.6) is 0 Å². The highest BCUT2D eigenvalue weighted by Gasteiger charge is 2.29. The number of amides is 3. The Bertz CT molecular complexity index is 655. The number of nitrogens with one attached hydrogen (secondary N) is 2. The second-order valence-electron chi connectivity index (χ2n) is 7.03. The van der Waals surface area contributed by atoms with Crippen LogP contribution >= 0.6 is 0 Å². The van der Waals surface area contributed by atoms with Crippen LogP contribution in [0.15, 0.2) is 6.07 Å². The predicted molar refractivity (Wildman–Crippen MR) is 90.1 cm³/mol. The number of piperidine rings is 1. The van der Waals surface area contributed by atoms with Crippen molar-refractivity contribution < 1.29 is 19.5 Å². The van der Waals surface area contributed by atoms with Crippen LogP contribution in [0.25, 0.3) is 0 Å². The number of carboxylic acid groups (broad SMARTS) is 1. The molecule has 2 heterocycles. The molecule has 0 saturated carbocycles.